The van der Waals surface area contributed by atoms with Crippen molar-refractivity contribution in [2.45, 2.75) is 44.7 Å². The van der Waals surface area contributed by atoms with Crippen LogP contribution in [0, 0.1) is 6.92 Å². The van der Waals surface area contributed by atoms with E-state index in [1.54, 1.807) is 24.3 Å². The fraction of sp³-hybridized carbons (Fsp3) is 0.357. The van der Waals surface area contributed by atoms with Gasteiger partial charge in [0.1, 0.15) is 6.04 Å². The highest BCUT2D eigenvalue weighted by Crippen LogP contribution is 2.42. The van der Waals surface area contributed by atoms with Gasteiger partial charge in [0.05, 0.1) is 27.6 Å². The maximum Gasteiger partial charge on any atom is 0.294 e. The molecule has 1 fully saturated rings. The molecule has 1 aliphatic rings. The monoisotopic (exact) mass is 492 g/mol. The van der Waals surface area contributed by atoms with E-state index in [0.717, 1.165) is 31.2 Å². The van der Waals surface area contributed by atoms with Gasteiger partial charge in [-0.15, -0.1) is 0 Å². The molecule has 8 nitrogen and oxygen atoms in total. The van der Waals surface area contributed by atoms with Crippen LogP contribution in [-0.4, -0.2) is 39.2 Å². The van der Waals surface area contributed by atoms with E-state index in [-0.39, 0.29) is 17.7 Å². The lowest BCUT2D eigenvalue weighted by molar-refractivity contribution is -0.123. The number of hydrogen-bond donors (Lipinski definition) is 1. The van der Waals surface area contributed by atoms with Crippen LogP contribution < -0.4 is 24.4 Å². The zero-order valence-electron chi connectivity index (χ0n) is 21.1. The van der Waals surface area contributed by atoms with Gasteiger partial charge in [-0.3, -0.25) is 14.5 Å². The minimum Gasteiger partial charge on any atom is -0.493 e. The molecule has 0 bridgehead atoms. The number of aryl methyl sites for hydroxylation is 1. The van der Waals surface area contributed by atoms with Crippen molar-refractivity contribution in [3.63, 3.8) is 0 Å². The smallest absolute Gasteiger partial charge is 0.294 e. The van der Waals surface area contributed by atoms with Crippen molar-refractivity contribution in [2.24, 2.45) is 0 Å². The molecule has 1 N–H and O–H groups in total. The number of carbonyl (C=O) groups is 2. The highest BCUT2D eigenvalue weighted by atomic mass is 16.5. The highest BCUT2D eigenvalue weighted by Gasteiger charge is 2.37. The summed E-state index contributed by atoms with van der Waals surface area (Å²) in [5.74, 6) is 0.574. The van der Waals surface area contributed by atoms with Gasteiger partial charge in [0.15, 0.2) is 17.3 Å². The summed E-state index contributed by atoms with van der Waals surface area (Å²) >= 11 is 0. The first-order chi connectivity index (χ1) is 17.5. The number of carbonyl (C=O) groups excluding carboxylic acids is 2. The first-order valence-corrected chi connectivity index (χ1v) is 12.0. The topological polar surface area (TPSA) is 90.2 Å². The predicted molar refractivity (Wildman–Crippen MR) is 136 cm³/mol. The van der Waals surface area contributed by atoms with Crippen LogP contribution in [0.1, 0.15) is 53.4 Å². The first kappa shape index (κ1) is 25.2. The minimum atomic E-state index is -1.03. The number of hydrogen-bond acceptors (Lipinski definition) is 6. The van der Waals surface area contributed by atoms with E-state index < -0.39 is 11.9 Å². The van der Waals surface area contributed by atoms with Crippen LogP contribution in [0.5, 0.6) is 17.2 Å². The molecule has 0 radical (unpaired) electrons. The normalized spacial score (nSPS) is 14.2. The Hall–Kier alpha value is -3.94. The second-order valence-electron chi connectivity index (χ2n) is 8.84. The number of ether oxygens (including phenoxy) is 3. The Bertz CT molecular complexity index is 1180. The molecule has 3 aromatic rings. The third-order valence-electron chi connectivity index (χ3n) is 6.44. The quantitative estimate of drug-likeness (QED) is 0.449. The number of benzene rings is 2. The summed E-state index contributed by atoms with van der Waals surface area (Å²) in [6.07, 6.45) is 5.38. The van der Waals surface area contributed by atoms with Gasteiger partial charge in [-0.25, -0.2) is 0 Å². The molecule has 1 aliphatic carbocycles. The molecule has 36 heavy (non-hydrogen) atoms. The second kappa shape index (κ2) is 11.2. The summed E-state index contributed by atoms with van der Waals surface area (Å²) in [5.41, 5.74) is 2.03. The lowest BCUT2D eigenvalue weighted by Crippen LogP contribution is -2.46. The van der Waals surface area contributed by atoms with Crippen molar-refractivity contribution in [3.8, 4) is 17.2 Å². The van der Waals surface area contributed by atoms with Gasteiger partial charge in [0.2, 0.25) is 11.7 Å². The van der Waals surface area contributed by atoms with Crippen LogP contribution in [-0.2, 0) is 4.79 Å². The highest BCUT2D eigenvalue weighted by molar-refractivity contribution is 6.08. The zero-order valence-corrected chi connectivity index (χ0v) is 21.1. The lowest BCUT2D eigenvalue weighted by Gasteiger charge is -2.32. The molecular formula is C28H32N2O6. The van der Waals surface area contributed by atoms with Gasteiger partial charge >= 0.3 is 0 Å². The summed E-state index contributed by atoms with van der Waals surface area (Å²) in [5, 5.41) is 3.17. The molecule has 0 saturated heterocycles. The molecule has 8 heteroatoms. The second-order valence-corrected chi connectivity index (χ2v) is 8.84. The maximum absolute atomic E-state index is 14.0. The van der Waals surface area contributed by atoms with Crippen molar-refractivity contribution in [2.75, 3.05) is 26.2 Å². The fourth-order valence-electron chi connectivity index (χ4n) is 4.71. The summed E-state index contributed by atoms with van der Waals surface area (Å²) < 4.78 is 22.1. The molecule has 0 unspecified atom stereocenters. The third kappa shape index (κ3) is 5.17. The maximum atomic E-state index is 14.0. The Labute approximate surface area is 211 Å². The van der Waals surface area contributed by atoms with Crippen LogP contribution in [0.25, 0.3) is 0 Å². The number of nitrogens with one attached hydrogen (secondary N) is 1. The molecule has 1 heterocycles. The zero-order chi connectivity index (χ0) is 25.7. The number of anilines is 1. The molecule has 1 aromatic heterocycles. The summed E-state index contributed by atoms with van der Waals surface area (Å²) in [4.78, 5) is 29.3. The number of rotatable bonds is 9. The SMILES string of the molecule is COc1cc([C@@H](C(=O)NC2CCCC2)N(C(=O)c2ccco2)c2cccc(C)c2)cc(OC)c1OC. The van der Waals surface area contributed by atoms with E-state index in [9.17, 15) is 9.59 Å². The summed E-state index contributed by atoms with van der Waals surface area (Å²) in [6.45, 7) is 1.94. The molecule has 190 valence electrons. The third-order valence-corrected chi connectivity index (χ3v) is 6.44. The molecule has 0 spiro atoms. The van der Waals surface area contributed by atoms with Crippen molar-refractivity contribution < 1.29 is 28.2 Å². The number of nitrogens with zero attached hydrogens (tertiary/aromatic N) is 1. The number of amides is 2. The van der Waals surface area contributed by atoms with Crippen LogP contribution in [0.4, 0.5) is 5.69 Å². The van der Waals surface area contributed by atoms with Gasteiger partial charge in [0.25, 0.3) is 5.91 Å². The van der Waals surface area contributed by atoms with E-state index in [0.29, 0.717) is 28.5 Å². The van der Waals surface area contributed by atoms with Gasteiger partial charge in [-0.1, -0.05) is 25.0 Å². The van der Waals surface area contributed by atoms with Gasteiger partial charge < -0.3 is 23.9 Å². The summed E-state index contributed by atoms with van der Waals surface area (Å²) in [7, 11) is 4.55. The van der Waals surface area contributed by atoms with Crippen LogP contribution >= 0.6 is 0 Å². The predicted octanol–water partition coefficient (Wildman–Crippen LogP) is 5.06. The van der Waals surface area contributed by atoms with Crippen molar-refractivity contribution in [3.05, 3.63) is 71.7 Å². The summed E-state index contributed by atoms with van der Waals surface area (Å²) in [6, 6.07) is 13.1. The Morgan fingerprint density at radius 1 is 0.972 bits per heavy atom. The van der Waals surface area contributed by atoms with Crippen molar-refractivity contribution in [1.82, 2.24) is 5.32 Å². The van der Waals surface area contributed by atoms with Crippen molar-refractivity contribution >= 4 is 17.5 Å². The van der Waals surface area contributed by atoms with E-state index in [1.807, 2.05) is 31.2 Å². The molecule has 2 amide bonds. The van der Waals surface area contributed by atoms with E-state index in [4.69, 9.17) is 18.6 Å². The molecule has 1 atom stereocenters. The Kier molecular flexibility index (Phi) is 7.83. The largest absolute Gasteiger partial charge is 0.493 e. The molecule has 1 saturated carbocycles. The molecule has 4 rings (SSSR count). The van der Waals surface area contributed by atoms with E-state index in [1.165, 1.54) is 32.5 Å². The van der Waals surface area contributed by atoms with E-state index in [2.05, 4.69) is 5.32 Å². The number of methoxy groups -OCH3 is 3. The lowest BCUT2D eigenvalue weighted by atomic mass is 10.00. The van der Waals surface area contributed by atoms with Gasteiger partial charge in [-0.2, -0.15) is 0 Å². The van der Waals surface area contributed by atoms with Gasteiger partial charge in [-0.05, 0) is 67.3 Å². The Morgan fingerprint density at radius 2 is 1.67 bits per heavy atom. The minimum absolute atomic E-state index is 0.0557. The van der Waals surface area contributed by atoms with Crippen LogP contribution in [0.15, 0.2) is 59.2 Å². The van der Waals surface area contributed by atoms with Crippen LogP contribution in [0.3, 0.4) is 0 Å². The number of furan rings is 1. The molecule has 2 aromatic carbocycles. The first-order valence-electron chi connectivity index (χ1n) is 12.0. The average Bonchev–Trinajstić information content (AvgIpc) is 3.60. The molecular weight excluding hydrogens is 460 g/mol. The van der Waals surface area contributed by atoms with Crippen molar-refractivity contribution in [1.29, 1.82) is 0 Å². The molecule has 0 aliphatic heterocycles. The van der Waals surface area contributed by atoms with E-state index >= 15 is 0 Å². The Balaban J connectivity index is 1.90. The Morgan fingerprint density at radius 3 is 2.22 bits per heavy atom. The standard InChI is InChI=1S/C28H32N2O6/c1-18-9-7-12-21(15-18)30(28(32)22-13-8-14-36-22)25(27(31)29-20-10-5-6-11-20)19-16-23(33-2)26(35-4)24(17-19)34-3/h7-9,12-17,20,25H,5-6,10-11H2,1-4H3,(H,29,31)/t25-/m0/s1. The van der Waals surface area contributed by atoms with Gasteiger partial charge in [0, 0.05) is 11.7 Å². The van der Waals surface area contributed by atoms with Crippen LogP contribution in [0.2, 0.25) is 0 Å². The average molecular weight is 493 g/mol. The fourth-order valence-corrected chi connectivity index (χ4v) is 4.71.